The van der Waals surface area contributed by atoms with Gasteiger partial charge in [-0.25, -0.2) is 0 Å². The average Bonchev–Trinajstić information content (AvgIpc) is 1.98. The number of hydrogen-bond acceptors (Lipinski definition) is 2. The average molecular weight is 182 g/mol. The van der Waals surface area contributed by atoms with Crippen LogP contribution in [0.4, 0.5) is 0 Å². The fourth-order valence-electron chi connectivity index (χ4n) is 0.446. The lowest BCUT2D eigenvalue weighted by Crippen LogP contribution is -2.22. The molecule has 0 aliphatic rings. The number of rotatable bonds is 1. The summed E-state index contributed by atoms with van der Waals surface area (Å²) in [6.45, 7) is 9.21. The predicted molar refractivity (Wildman–Crippen MR) is 53.3 cm³/mol. The molecule has 2 heteroatoms. The van der Waals surface area contributed by atoms with E-state index in [9.17, 15) is 4.79 Å². The zero-order valence-corrected chi connectivity index (χ0v) is 9.32. The molecule has 0 fully saturated rings. The summed E-state index contributed by atoms with van der Waals surface area (Å²) in [7, 11) is 1.58. The number of hydrogen-bond donors (Lipinski definition) is 0. The maximum Gasteiger partial charge on any atom is 0.210 e. The molecule has 0 aliphatic carbocycles. The van der Waals surface area contributed by atoms with Gasteiger partial charge in [-0.2, -0.15) is 0 Å². The number of carbonyl (C=O) groups excluding carboxylic acids is 1. The second-order valence-corrected chi connectivity index (χ2v) is 4.54. The van der Waals surface area contributed by atoms with E-state index in [-0.39, 0.29) is 5.78 Å². The highest BCUT2D eigenvalue weighted by Gasteiger charge is 2.20. The lowest BCUT2D eigenvalue weighted by atomic mass is 9.91. The molecular weight excluding hydrogens is 164 g/mol. The van der Waals surface area contributed by atoms with E-state index >= 15 is 0 Å². The van der Waals surface area contributed by atoms with E-state index in [1.54, 1.807) is 7.11 Å². The van der Waals surface area contributed by atoms with Crippen molar-refractivity contribution in [1.82, 2.24) is 0 Å². The van der Waals surface area contributed by atoms with Gasteiger partial charge in [-0.15, -0.1) is 0 Å². The van der Waals surface area contributed by atoms with Crippen LogP contribution in [0.2, 0.25) is 0 Å². The molecule has 0 aromatic carbocycles. The van der Waals surface area contributed by atoms with Crippen molar-refractivity contribution in [2.24, 2.45) is 5.41 Å². The molecule has 0 spiro atoms. The van der Waals surface area contributed by atoms with Gasteiger partial charge in [-0.05, 0) is 19.8 Å². The van der Waals surface area contributed by atoms with E-state index in [4.69, 9.17) is 4.74 Å². The fraction of sp³-hybridized carbons (Fsp3) is 0.727. The third-order valence-corrected chi connectivity index (χ3v) is 1.67. The van der Waals surface area contributed by atoms with Crippen molar-refractivity contribution in [3.63, 3.8) is 0 Å². The number of methoxy groups -OCH3 is 1. The van der Waals surface area contributed by atoms with Gasteiger partial charge in [-0.3, -0.25) is 4.79 Å². The second-order valence-electron chi connectivity index (χ2n) is 4.54. The molecule has 0 N–H and O–H groups in total. The van der Waals surface area contributed by atoms with Crippen LogP contribution in [0, 0.1) is 17.3 Å². The lowest BCUT2D eigenvalue weighted by Gasteiger charge is -2.15. The summed E-state index contributed by atoms with van der Waals surface area (Å²) in [6, 6.07) is 0. The summed E-state index contributed by atoms with van der Waals surface area (Å²) in [5, 5.41) is 0. The van der Waals surface area contributed by atoms with Crippen LogP contribution in [0.1, 0.15) is 34.6 Å². The van der Waals surface area contributed by atoms with Gasteiger partial charge in [0.15, 0.2) is 0 Å². The Balaban J connectivity index is 4.53. The Morgan fingerprint density at radius 3 is 1.92 bits per heavy atom. The van der Waals surface area contributed by atoms with Gasteiger partial charge >= 0.3 is 0 Å². The molecule has 0 saturated carbocycles. The molecule has 0 heterocycles. The van der Waals surface area contributed by atoms with E-state index in [1.165, 1.54) is 0 Å². The fourth-order valence-corrected chi connectivity index (χ4v) is 0.446. The highest BCUT2D eigenvalue weighted by atomic mass is 16.5. The monoisotopic (exact) mass is 182 g/mol. The third kappa shape index (κ3) is 4.69. The van der Waals surface area contributed by atoms with Crippen LogP contribution in [-0.4, -0.2) is 18.5 Å². The smallest absolute Gasteiger partial charge is 0.210 e. The lowest BCUT2D eigenvalue weighted by molar-refractivity contribution is -0.120. The van der Waals surface area contributed by atoms with Crippen LogP contribution in [-0.2, 0) is 9.53 Å². The van der Waals surface area contributed by atoms with E-state index in [1.807, 2.05) is 34.6 Å². The van der Waals surface area contributed by atoms with Gasteiger partial charge < -0.3 is 4.74 Å². The normalized spacial score (nSPS) is 11.8. The van der Waals surface area contributed by atoms with Gasteiger partial charge in [0.2, 0.25) is 5.78 Å². The Labute approximate surface area is 80.7 Å². The van der Waals surface area contributed by atoms with Crippen LogP contribution in [0.5, 0.6) is 0 Å². The van der Waals surface area contributed by atoms with Crippen LogP contribution in [0.25, 0.3) is 0 Å². The molecule has 0 radical (unpaired) electrons. The number of Topliss-reactive ketones (excluding diaryl/α,β-unsaturated/α-hetero) is 1. The Morgan fingerprint density at radius 1 is 1.15 bits per heavy atom. The summed E-state index contributed by atoms with van der Waals surface area (Å²) >= 11 is 0. The molecule has 0 aliphatic heterocycles. The molecule has 0 aromatic heterocycles. The largest absolute Gasteiger partial charge is 0.366 e. The molecule has 13 heavy (non-hydrogen) atoms. The van der Waals surface area contributed by atoms with E-state index in [0.29, 0.717) is 0 Å². The van der Waals surface area contributed by atoms with E-state index < -0.39 is 11.0 Å². The Morgan fingerprint density at radius 2 is 1.62 bits per heavy atom. The minimum Gasteiger partial charge on any atom is -0.366 e. The molecular formula is C11H18O2. The number of ketones is 1. The maximum atomic E-state index is 11.4. The van der Waals surface area contributed by atoms with Crippen molar-refractivity contribution in [1.29, 1.82) is 0 Å². The molecule has 0 amide bonds. The van der Waals surface area contributed by atoms with Gasteiger partial charge in [-0.1, -0.05) is 26.7 Å². The molecule has 0 unspecified atom stereocenters. The first-order chi connectivity index (χ1) is 5.69. The van der Waals surface area contributed by atoms with Crippen molar-refractivity contribution in [3.05, 3.63) is 0 Å². The predicted octanol–water partition coefficient (Wildman–Crippen LogP) is 2.03. The molecule has 0 saturated heterocycles. The van der Waals surface area contributed by atoms with Gasteiger partial charge in [0.25, 0.3) is 0 Å². The minimum atomic E-state index is -0.541. The SMILES string of the molecule is COC(C)(C)C#CC(=O)C(C)(C)C. The summed E-state index contributed by atoms with van der Waals surface area (Å²) < 4.78 is 5.07. The van der Waals surface area contributed by atoms with Crippen molar-refractivity contribution in [3.8, 4) is 11.8 Å². The van der Waals surface area contributed by atoms with E-state index in [0.717, 1.165) is 0 Å². The van der Waals surface area contributed by atoms with Gasteiger partial charge in [0.1, 0.15) is 5.60 Å². The zero-order chi connectivity index (χ0) is 10.7. The summed E-state index contributed by atoms with van der Waals surface area (Å²) in [5.41, 5.74) is -0.933. The first-order valence-corrected chi connectivity index (χ1v) is 4.32. The van der Waals surface area contributed by atoms with E-state index in [2.05, 4.69) is 11.8 Å². The Bertz CT molecular complexity index is 245. The third-order valence-electron chi connectivity index (χ3n) is 1.67. The highest BCUT2D eigenvalue weighted by Crippen LogP contribution is 2.14. The molecule has 0 atom stereocenters. The van der Waals surface area contributed by atoms with Crippen molar-refractivity contribution >= 4 is 5.78 Å². The first kappa shape index (κ1) is 12.2. The van der Waals surface area contributed by atoms with Crippen LogP contribution >= 0.6 is 0 Å². The topological polar surface area (TPSA) is 26.3 Å². The first-order valence-electron chi connectivity index (χ1n) is 4.32. The van der Waals surface area contributed by atoms with Crippen molar-refractivity contribution in [2.75, 3.05) is 7.11 Å². The summed E-state index contributed by atoms with van der Waals surface area (Å²) in [4.78, 5) is 11.4. The minimum absolute atomic E-state index is 0.0578. The molecule has 2 nitrogen and oxygen atoms in total. The summed E-state index contributed by atoms with van der Waals surface area (Å²) in [5.74, 6) is 5.34. The molecule has 0 bridgehead atoms. The van der Waals surface area contributed by atoms with Crippen LogP contribution in [0.15, 0.2) is 0 Å². The van der Waals surface area contributed by atoms with Crippen molar-refractivity contribution in [2.45, 2.75) is 40.2 Å². The maximum absolute atomic E-state index is 11.4. The summed E-state index contributed by atoms with van der Waals surface area (Å²) in [6.07, 6.45) is 0. The second kappa shape index (κ2) is 3.93. The number of carbonyl (C=O) groups is 1. The Hall–Kier alpha value is -0.810. The van der Waals surface area contributed by atoms with Crippen LogP contribution in [0.3, 0.4) is 0 Å². The quantitative estimate of drug-likeness (QED) is 0.458. The van der Waals surface area contributed by atoms with Gasteiger partial charge in [0, 0.05) is 12.5 Å². The van der Waals surface area contributed by atoms with Crippen molar-refractivity contribution < 1.29 is 9.53 Å². The molecule has 74 valence electrons. The number of ether oxygens (including phenoxy) is 1. The highest BCUT2D eigenvalue weighted by molar-refractivity contribution is 5.99. The molecule has 0 aromatic rings. The molecule has 0 rings (SSSR count). The Kier molecular flexibility index (Phi) is 3.69. The zero-order valence-electron chi connectivity index (χ0n) is 9.32. The standard InChI is InChI=1S/C11H18O2/c1-10(2,3)9(12)7-8-11(4,5)13-6/h1-6H3. The van der Waals surface area contributed by atoms with Gasteiger partial charge in [0.05, 0.1) is 0 Å². The van der Waals surface area contributed by atoms with Crippen LogP contribution < -0.4 is 0 Å².